The summed E-state index contributed by atoms with van der Waals surface area (Å²) in [7, 11) is 0. The molecule has 176 valence electrons. The maximum Gasteiger partial charge on any atom is 0.255 e. The van der Waals surface area contributed by atoms with E-state index in [1.54, 1.807) is 30.3 Å². The Kier molecular flexibility index (Phi) is 4.83. The van der Waals surface area contributed by atoms with Crippen LogP contribution in [0.4, 0.5) is 0 Å². The predicted molar refractivity (Wildman–Crippen MR) is 122 cm³/mol. The van der Waals surface area contributed by atoms with Gasteiger partial charge in [-0.3, -0.25) is 14.4 Å². The molecule has 2 aromatic rings. The van der Waals surface area contributed by atoms with Crippen molar-refractivity contribution in [1.82, 2.24) is 0 Å². The van der Waals surface area contributed by atoms with E-state index in [2.05, 4.69) is 0 Å². The van der Waals surface area contributed by atoms with Crippen molar-refractivity contribution in [2.45, 2.75) is 24.9 Å². The van der Waals surface area contributed by atoms with Gasteiger partial charge in [-0.1, -0.05) is 18.2 Å². The van der Waals surface area contributed by atoms with Crippen LogP contribution in [0.3, 0.4) is 0 Å². The number of hydrogen-bond donors (Lipinski definition) is 5. The van der Waals surface area contributed by atoms with Crippen molar-refractivity contribution in [1.29, 1.82) is 5.26 Å². The van der Waals surface area contributed by atoms with Gasteiger partial charge in [0.05, 0.1) is 17.2 Å². The minimum absolute atomic E-state index is 0.0268. The lowest BCUT2D eigenvalue weighted by Gasteiger charge is -2.46. The van der Waals surface area contributed by atoms with Gasteiger partial charge in [0.2, 0.25) is 5.78 Å². The van der Waals surface area contributed by atoms with E-state index in [9.17, 15) is 34.8 Å². The number of nitrogens with two attached hydrogens (primary N) is 1. The summed E-state index contributed by atoms with van der Waals surface area (Å²) in [6.45, 7) is 0. The summed E-state index contributed by atoms with van der Waals surface area (Å²) < 4.78 is 0. The molecule has 0 unspecified atom stereocenters. The maximum absolute atomic E-state index is 13.5. The van der Waals surface area contributed by atoms with Gasteiger partial charge < -0.3 is 26.2 Å². The molecule has 0 saturated heterocycles. The predicted octanol–water partition coefficient (Wildman–Crippen LogP) is 1.96. The molecule has 3 aliphatic carbocycles. The van der Waals surface area contributed by atoms with Crippen molar-refractivity contribution in [3.63, 3.8) is 0 Å². The van der Waals surface area contributed by atoms with Crippen LogP contribution in [0.2, 0.25) is 0 Å². The molecule has 9 nitrogen and oxygen atoms in total. The van der Waals surface area contributed by atoms with Crippen molar-refractivity contribution in [2.75, 3.05) is 0 Å². The first-order chi connectivity index (χ1) is 16.6. The van der Waals surface area contributed by atoms with Crippen LogP contribution in [0.25, 0.3) is 16.9 Å². The van der Waals surface area contributed by atoms with Gasteiger partial charge in [0.25, 0.3) is 5.91 Å². The number of amides is 1. The quantitative estimate of drug-likeness (QED) is 0.411. The first-order valence-corrected chi connectivity index (χ1v) is 10.9. The fourth-order valence-electron chi connectivity index (χ4n) is 5.62. The second-order valence-electron chi connectivity index (χ2n) is 9.08. The SMILES string of the molecule is N#Cc1ccc(-c2ccc(O)c3c2C[C@H]2C[C@H]4CC(=O)C(C(N)=O)=C(O)[C@@]4(O)C(=O)C2=C3O)cc1. The zero-order valence-corrected chi connectivity index (χ0v) is 18.3. The van der Waals surface area contributed by atoms with Crippen LogP contribution in [-0.2, 0) is 20.8 Å². The fourth-order valence-corrected chi connectivity index (χ4v) is 5.62. The highest BCUT2D eigenvalue weighted by Gasteiger charge is 2.60. The zero-order chi connectivity index (χ0) is 25.2. The summed E-state index contributed by atoms with van der Waals surface area (Å²) in [6.07, 6.45) is -0.103. The third kappa shape index (κ3) is 3.00. The second kappa shape index (κ2) is 7.55. The molecule has 3 aliphatic rings. The summed E-state index contributed by atoms with van der Waals surface area (Å²) >= 11 is 0. The number of carbonyl (C=O) groups is 3. The lowest BCUT2D eigenvalue weighted by Crippen LogP contribution is -2.58. The smallest absolute Gasteiger partial charge is 0.255 e. The number of nitriles is 1. The number of aliphatic hydroxyl groups is 3. The summed E-state index contributed by atoms with van der Waals surface area (Å²) in [5, 5.41) is 52.7. The molecule has 5 rings (SSSR count). The van der Waals surface area contributed by atoms with E-state index < -0.39 is 52.0 Å². The number of carbonyl (C=O) groups excluding carboxylic acids is 3. The van der Waals surface area contributed by atoms with Crippen molar-refractivity contribution in [3.8, 4) is 22.9 Å². The molecule has 35 heavy (non-hydrogen) atoms. The van der Waals surface area contributed by atoms with Crippen LogP contribution >= 0.6 is 0 Å². The molecular formula is C26H20N2O7. The number of aliphatic hydroxyl groups excluding tert-OH is 2. The molecule has 6 N–H and O–H groups in total. The van der Waals surface area contributed by atoms with E-state index in [1.165, 1.54) is 6.07 Å². The number of phenols is 1. The molecule has 1 fully saturated rings. The molecule has 0 aromatic heterocycles. The molecule has 0 radical (unpaired) electrons. The van der Waals surface area contributed by atoms with Gasteiger partial charge in [0.15, 0.2) is 11.4 Å². The van der Waals surface area contributed by atoms with Gasteiger partial charge in [-0.2, -0.15) is 5.26 Å². The summed E-state index contributed by atoms with van der Waals surface area (Å²) in [5.41, 5.74) is 4.07. The van der Waals surface area contributed by atoms with E-state index in [-0.39, 0.29) is 36.1 Å². The Morgan fingerprint density at radius 1 is 1.06 bits per heavy atom. The molecule has 0 heterocycles. The molecule has 9 heteroatoms. The minimum Gasteiger partial charge on any atom is -0.508 e. The molecule has 1 saturated carbocycles. The first kappa shape index (κ1) is 22.4. The van der Waals surface area contributed by atoms with Gasteiger partial charge in [0, 0.05) is 17.9 Å². The summed E-state index contributed by atoms with van der Waals surface area (Å²) in [6, 6.07) is 11.8. The Balaban J connectivity index is 1.69. The number of phenolic OH excluding ortho intramolecular Hbond substituents is 1. The monoisotopic (exact) mass is 472 g/mol. The number of ketones is 2. The number of hydrogen-bond acceptors (Lipinski definition) is 8. The highest BCUT2D eigenvalue weighted by Crippen LogP contribution is 2.53. The normalized spacial score (nSPS) is 25.5. The fraction of sp³-hybridized carbons (Fsp3) is 0.231. The lowest BCUT2D eigenvalue weighted by molar-refractivity contribution is -0.147. The number of nitrogens with zero attached hydrogens (tertiary/aromatic N) is 1. The third-order valence-corrected chi connectivity index (χ3v) is 7.27. The number of Topliss-reactive ketones (excluding diaryl/α,β-unsaturated/α-hetero) is 2. The Bertz CT molecular complexity index is 1450. The Morgan fingerprint density at radius 2 is 1.74 bits per heavy atom. The van der Waals surface area contributed by atoms with Crippen molar-refractivity contribution >= 4 is 23.2 Å². The summed E-state index contributed by atoms with van der Waals surface area (Å²) in [5.74, 6) is -6.61. The van der Waals surface area contributed by atoms with Crippen molar-refractivity contribution in [2.24, 2.45) is 17.6 Å². The van der Waals surface area contributed by atoms with Crippen molar-refractivity contribution in [3.05, 3.63) is 70.0 Å². The van der Waals surface area contributed by atoms with Gasteiger partial charge in [-0.25, -0.2) is 0 Å². The lowest BCUT2D eigenvalue weighted by atomic mass is 9.59. The van der Waals surface area contributed by atoms with E-state index in [0.29, 0.717) is 16.7 Å². The molecule has 1 amide bonds. The van der Waals surface area contributed by atoms with Crippen LogP contribution in [0, 0.1) is 23.2 Å². The molecule has 0 spiro atoms. The highest BCUT2D eigenvalue weighted by molar-refractivity contribution is 6.22. The number of benzene rings is 2. The number of fused-ring (bicyclic) bond motifs is 3. The van der Waals surface area contributed by atoms with E-state index >= 15 is 0 Å². The standard InChI is InChI=1S/C26H20N2O7/c27-10-11-1-3-12(4-2-11)15-5-6-17(29)20-16(15)8-13-7-14-9-18(30)21(25(28)34)24(33)26(14,35)23(32)19(13)22(20)31/h1-6,13-14,29,31,33,35H,7-9H2,(H2,28,34)/t13-,14+,26+/m1/s1. The van der Waals surface area contributed by atoms with E-state index in [4.69, 9.17) is 11.0 Å². The highest BCUT2D eigenvalue weighted by atomic mass is 16.3. The Labute approximate surface area is 199 Å². The van der Waals surface area contributed by atoms with Gasteiger partial charge in [-0.05, 0) is 53.6 Å². The van der Waals surface area contributed by atoms with E-state index in [0.717, 1.165) is 5.56 Å². The molecule has 3 atom stereocenters. The molecule has 2 aromatic carbocycles. The van der Waals surface area contributed by atoms with Crippen LogP contribution < -0.4 is 5.73 Å². The second-order valence-corrected chi connectivity index (χ2v) is 9.08. The van der Waals surface area contributed by atoms with Crippen molar-refractivity contribution < 1.29 is 34.8 Å². The number of primary amides is 1. The average Bonchev–Trinajstić information content (AvgIpc) is 2.81. The van der Waals surface area contributed by atoms with Crippen LogP contribution in [-0.4, -0.2) is 43.5 Å². The topological polar surface area (TPSA) is 182 Å². The minimum atomic E-state index is -2.59. The van der Waals surface area contributed by atoms with E-state index in [1.807, 2.05) is 6.07 Å². The number of aromatic hydroxyl groups is 1. The zero-order valence-electron chi connectivity index (χ0n) is 18.3. The Hall–Kier alpha value is -4.42. The van der Waals surface area contributed by atoms with Crippen LogP contribution in [0.5, 0.6) is 5.75 Å². The third-order valence-electron chi connectivity index (χ3n) is 7.27. The first-order valence-electron chi connectivity index (χ1n) is 10.9. The number of rotatable bonds is 2. The molecule has 0 bridgehead atoms. The summed E-state index contributed by atoms with van der Waals surface area (Å²) in [4.78, 5) is 37.7. The van der Waals surface area contributed by atoms with Crippen LogP contribution in [0.1, 0.15) is 29.5 Å². The molecule has 0 aliphatic heterocycles. The average molecular weight is 472 g/mol. The van der Waals surface area contributed by atoms with Crippen LogP contribution in [0.15, 0.2) is 53.3 Å². The van der Waals surface area contributed by atoms with Gasteiger partial charge in [-0.15, -0.1) is 0 Å². The van der Waals surface area contributed by atoms with Gasteiger partial charge in [0.1, 0.15) is 22.8 Å². The van der Waals surface area contributed by atoms with Gasteiger partial charge >= 0.3 is 0 Å². The Morgan fingerprint density at radius 3 is 2.37 bits per heavy atom. The maximum atomic E-state index is 13.5. The largest absolute Gasteiger partial charge is 0.508 e. The molecular weight excluding hydrogens is 452 g/mol.